The molecule has 0 rings (SSSR count). The Kier molecular flexibility index (Phi) is 28.1. The van der Waals surface area contributed by atoms with Gasteiger partial charge in [-0.1, -0.05) is 35.4 Å². The van der Waals surface area contributed by atoms with Gasteiger partial charge in [-0.05, 0) is 17.3 Å². The molecule has 0 saturated heterocycles. The summed E-state index contributed by atoms with van der Waals surface area (Å²) in [5.41, 5.74) is 0. The Labute approximate surface area is 216 Å². The zero-order chi connectivity index (χ0) is 25.0. The molecule has 0 unspecified atom stereocenters. The largest absolute Gasteiger partial charge is 0.480 e. The van der Waals surface area contributed by atoms with Crippen LogP contribution in [0.5, 0.6) is 0 Å². The number of carboxylic acids is 1. The summed E-state index contributed by atoms with van der Waals surface area (Å²) in [4.78, 5) is 21.5. The molecule has 0 radical (unpaired) electrons. The van der Waals surface area contributed by atoms with Crippen LogP contribution in [0.3, 0.4) is 0 Å². The third kappa shape index (κ3) is 29.4. The minimum Gasteiger partial charge on any atom is -0.480 e. The molecule has 34 heavy (non-hydrogen) atoms. The van der Waals surface area contributed by atoms with Crippen molar-refractivity contribution in [2.24, 2.45) is 0 Å². The van der Waals surface area contributed by atoms with Crippen LogP contribution in [0.2, 0.25) is 0 Å². The summed E-state index contributed by atoms with van der Waals surface area (Å²) in [6, 6.07) is 0. The third-order valence-corrected chi connectivity index (χ3v) is 4.82. The Balaban J connectivity index is 3.09. The summed E-state index contributed by atoms with van der Waals surface area (Å²) >= 11 is 2.41. The van der Waals surface area contributed by atoms with Gasteiger partial charge in [0.05, 0.1) is 72.7 Å². The molecule has 12 heteroatoms. The average molecular weight is 607 g/mol. The molecule has 202 valence electrons. The van der Waals surface area contributed by atoms with E-state index < -0.39 is 12.6 Å². The van der Waals surface area contributed by atoms with Crippen molar-refractivity contribution in [2.45, 2.75) is 25.7 Å². The second kappa shape index (κ2) is 28.6. The van der Waals surface area contributed by atoms with Crippen LogP contribution >= 0.6 is 22.6 Å². The van der Waals surface area contributed by atoms with Crippen molar-refractivity contribution < 1.29 is 47.9 Å². The van der Waals surface area contributed by atoms with E-state index in [2.05, 4.69) is 32.6 Å². The molecule has 0 spiro atoms. The maximum absolute atomic E-state index is 11.3. The SMILES string of the molecule is O=C(O)COCC(=O)NCCOCCOCCOCCOCCOCCOCCCCCCI. The van der Waals surface area contributed by atoms with Crippen LogP contribution in [0.25, 0.3) is 0 Å². The number of rotatable bonds is 28. The third-order valence-electron chi connectivity index (χ3n) is 4.06. The fourth-order valence-corrected chi connectivity index (χ4v) is 2.94. The lowest BCUT2D eigenvalue weighted by Gasteiger charge is -2.08. The van der Waals surface area contributed by atoms with E-state index in [0.717, 1.165) is 13.0 Å². The number of carbonyl (C=O) groups is 2. The van der Waals surface area contributed by atoms with Crippen LogP contribution in [0.1, 0.15) is 25.7 Å². The Morgan fingerprint density at radius 3 is 1.47 bits per heavy atom. The lowest BCUT2D eigenvalue weighted by atomic mass is 10.2. The molecule has 11 nitrogen and oxygen atoms in total. The summed E-state index contributed by atoms with van der Waals surface area (Å²) in [6.07, 6.45) is 4.94. The van der Waals surface area contributed by atoms with Gasteiger partial charge in [-0.3, -0.25) is 4.79 Å². The lowest BCUT2D eigenvalue weighted by Crippen LogP contribution is -2.31. The highest BCUT2D eigenvalue weighted by Crippen LogP contribution is 2.02. The first-order chi connectivity index (χ1) is 16.7. The molecule has 0 aliphatic rings. The van der Waals surface area contributed by atoms with Gasteiger partial charge >= 0.3 is 5.97 Å². The molecule has 0 heterocycles. The predicted octanol–water partition coefficient (Wildman–Crippen LogP) is 1.30. The predicted molar refractivity (Wildman–Crippen MR) is 134 cm³/mol. The van der Waals surface area contributed by atoms with Crippen molar-refractivity contribution in [3.8, 4) is 0 Å². The van der Waals surface area contributed by atoms with Gasteiger partial charge in [0, 0.05) is 13.2 Å². The van der Waals surface area contributed by atoms with Crippen LogP contribution in [0.15, 0.2) is 0 Å². The van der Waals surface area contributed by atoms with E-state index in [9.17, 15) is 9.59 Å². The highest BCUT2D eigenvalue weighted by atomic mass is 127. The summed E-state index contributed by atoms with van der Waals surface area (Å²) in [5, 5.41) is 10.9. The summed E-state index contributed by atoms with van der Waals surface area (Å²) < 4.78 is 38.4. The van der Waals surface area contributed by atoms with Crippen molar-refractivity contribution in [3.63, 3.8) is 0 Å². The number of amides is 1. The monoisotopic (exact) mass is 607 g/mol. The molecule has 0 aromatic rings. The number of hydrogen-bond acceptors (Lipinski definition) is 9. The van der Waals surface area contributed by atoms with Crippen LogP contribution in [-0.2, 0) is 42.7 Å². The smallest absolute Gasteiger partial charge is 0.329 e. The molecule has 0 aromatic heterocycles. The number of aliphatic carboxylic acids is 1. The van der Waals surface area contributed by atoms with Gasteiger partial charge < -0.3 is 43.6 Å². The van der Waals surface area contributed by atoms with E-state index in [1.54, 1.807) is 0 Å². The molecule has 0 bridgehead atoms. The second-order valence-electron chi connectivity index (χ2n) is 7.01. The minimum atomic E-state index is -1.11. The number of nitrogens with one attached hydrogen (secondary N) is 1. The topological polar surface area (TPSA) is 131 Å². The Bertz CT molecular complexity index is 459. The van der Waals surface area contributed by atoms with Crippen molar-refractivity contribution in [1.29, 1.82) is 0 Å². The zero-order valence-corrected chi connectivity index (χ0v) is 22.3. The first-order valence-corrected chi connectivity index (χ1v) is 13.3. The van der Waals surface area contributed by atoms with Crippen molar-refractivity contribution in [2.75, 3.05) is 103 Å². The van der Waals surface area contributed by atoms with Crippen molar-refractivity contribution in [1.82, 2.24) is 5.32 Å². The Morgan fingerprint density at radius 2 is 1.00 bits per heavy atom. The van der Waals surface area contributed by atoms with Crippen molar-refractivity contribution in [3.05, 3.63) is 0 Å². The van der Waals surface area contributed by atoms with Crippen LogP contribution < -0.4 is 5.32 Å². The molecular weight excluding hydrogens is 565 g/mol. The minimum absolute atomic E-state index is 0.289. The average Bonchev–Trinajstić information content (AvgIpc) is 2.81. The highest BCUT2D eigenvalue weighted by molar-refractivity contribution is 14.1. The number of hydrogen-bond donors (Lipinski definition) is 2. The van der Waals surface area contributed by atoms with Gasteiger partial charge in [0.15, 0.2) is 0 Å². The highest BCUT2D eigenvalue weighted by Gasteiger charge is 2.03. The van der Waals surface area contributed by atoms with E-state index in [1.807, 2.05) is 0 Å². The number of ether oxygens (including phenoxy) is 7. The van der Waals surface area contributed by atoms with Crippen LogP contribution in [0, 0.1) is 0 Å². The van der Waals surface area contributed by atoms with E-state index in [1.165, 1.54) is 23.7 Å². The van der Waals surface area contributed by atoms with Gasteiger partial charge in [0.2, 0.25) is 5.91 Å². The quantitative estimate of drug-likeness (QED) is 0.0763. The number of carboxylic acid groups (broad SMARTS) is 1. The summed E-state index contributed by atoms with van der Waals surface area (Å²) in [5.74, 6) is -1.50. The maximum Gasteiger partial charge on any atom is 0.329 e. The number of unbranched alkanes of at least 4 members (excludes halogenated alkanes) is 3. The number of alkyl halides is 1. The van der Waals surface area contributed by atoms with Gasteiger partial charge in [0.1, 0.15) is 13.2 Å². The van der Waals surface area contributed by atoms with E-state index in [0.29, 0.717) is 79.2 Å². The molecule has 0 aliphatic carbocycles. The standard InChI is InChI=1S/C22H42INO10/c23-5-3-1-2-4-7-28-9-11-30-13-15-32-17-18-33-16-14-31-12-10-29-8-6-24-21(25)19-34-20-22(26)27/h1-20H2,(H,24,25)(H,26,27). The zero-order valence-electron chi connectivity index (χ0n) is 20.1. The maximum atomic E-state index is 11.3. The first-order valence-electron chi connectivity index (χ1n) is 11.8. The number of carbonyl (C=O) groups excluding carboxylic acids is 1. The fourth-order valence-electron chi connectivity index (χ4n) is 2.40. The normalized spacial score (nSPS) is 11.1. The van der Waals surface area contributed by atoms with Crippen molar-refractivity contribution >= 4 is 34.5 Å². The first kappa shape index (κ1) is 33.4. The molecule has 0 atom stereocenters. The Hall–Kier alpha value is -0.610. The molecular formula is C22H42INO10. The fraction of sp³-hybridized carbons (Fsp3) is 0.909. The second-order valence-corrected chi connectivity index (χ2v) is 8.09. The van der Waals surface area contributed by atoms with E-state index in [4.69, 9.17) is 33.5 Å². The molecule has 0 saturated carbocycles. The van der Waals surface area contributed by atoms with E-state index in [-0.39, 0.29) is 12.5 Å². The molecule has 0 fully saturated rings. The molecule has 1 amide bonds. The van der Waals surface area contributed by atoms with Gasteiger partial charge in [-0.25, -0.2) is 4.79 Å². The van der Waals surface area contributed by atoms with Crippen LogP contribution in [0.4, 0.5) is 0 Å². The van der Waals surface area contributed by atoms with Gasteiger partial charge in [-0.15, -0.1) is 0 Å². The summed E-state index contributed by atoms with van der Waals surface area (Å²) in [6.45, 7) is 5.73. The van der Waals surface area contributed by atoms with Crippen LogP contribution in [-0.4, -0.2) is 120 Å². The lowest BCUT2D eigenvalue weighted by molar-refractivity contribution is -0.143. The van der Waals surface area contributed by atoms with Gasteiger partial charge in [-0.2, -0.15) is 0 Å². The van der Waals surface area contributed by atoms with E-state index >= 15 is 0 Å². The number of halogens is 1. The van der Waals surface area contributed by atoms with Gasteiger partial charge in [0.25, 0.3) is 0 Å². The molecule has 2 N–H and O–H groups in total. The Morgan fingerprint density at radius 1 is 0.559 bits per heavy atom. The summed E-state index contributed by atoms with van der Waals surface area (Å²) in [7, 11) is 0. The molecule has 0 aromatic carbocycles. The molecule has 0 aliphatic heterocycles.